The van der Waals surface area contributed by atoms with Crippen molar-refractivity contribution in [1.29, 1.82) is 0 Å². The Morgan fingerprint density at radius 3 is 2.71 bits per heavy atom. The number of hydrogen-bond acceptors (Lipinski definition) is 2. The summed E-state index contributed by atoms with van der Waals surface area (Å²) in [6.07, 6.45) is 4.05. The van der Waals surface area contributed by atoms with Crippen LogP contribution >= 0.6 is 0 Å². The zero-order valence-corrected chi connectivity index (χ0v) is 11.5. The van der Waals surface area contributed by atoms with Gasteiger partial charge in [-0.25, -0.2) is 0 Å². The van der Waals surface area contributed by atoms with E-state index in [2.05, 4.69) is 36.4 Å². The van der Waals surface area contributed by atoms with E-state index in [9.17, 15) is 0 Å². The monoisotopic (exact) mass is 241 g/mol. The molecule has 0 unspecified atom stereocenters. The normalized spacial score (nSPS) is 16.4. The minimum Gasteiger partial charge on any atom is -0.379 e. The molecule has 4 nitrogen and oxygen atoms in total. The highest BCUT2D eigenvalue weighted by atomic mass is 16.5. The minimum atomic E-state index is 0.326. The Labute approximate surface area is 105 Å². The van der Waals surface area contributed by atoms with Gasteiger partial charge in [-0.3, -0.25) is 4.99 Å². The van der Waals surface area contributed by atoms with Crippen molar-refractivity contribution in [2.45, 2.75) is 46.1 Å². The van der Waals surface area contributed by atoms with Crippen LogP contribution in [0.3, 0.4) is 0 Å². The average Bonchev–Trinajstić information content (AvgIpc) is 3.08. The van der Waals surface area contributed by atoms with E-state index < -0.39 is 0 Å². The van der Waals surface area contributed by atoms with Crippen LogP contribution < -0.4 is 10.6 Å². The molecule has 4 heteroatoms. The summed E-state index contributed by atoms with van der Waals surface area (Å²) in [5.74, 6) is 1.79. The third kappa shape index (κ3) is 8.02. The highest BCUT2D eigenvalue weighted by Crippen LogP contribution is 2.28. The molecule has 0 aliphatic heterocycles. The third-order valence-electron chi connectivity index (χ3n) is 2.61. The molecule has 1 aliphatic rings. The van der Waals surface area contributed by atoms with Crippen LogP contribution in [0.2, 0.25) is 0 Å². The molecule has 100 valence electrons. The minimum absolute atomic E-state index is 0.326. The molecule has 0 aromatic rings. The van der Waals surface area contributed by atoms with Crippen molar-refractivity contribution in [2.24, 2.45) is 10.9 Å². The van der Waals surface area contributed by atoms with Crippen LogP contribution in [0.15, 0.2) is 4.99 Å². The fraction of sp³-hybridized carbons (Fsp3) is 0.923. The Morgan fingerprint density at radius 2 is 2.12 bits per heavy atom. The molecule has 1 aliphatic carbocycles. The van der Waals surface area contributed by atoms with Gasteiger partial charge < -0.3 is 15.4 Å². The first kappa shape index (κ1) is 14.3. The lowest BCUT2D eigenvalue weighted by Gasteiger charge is -2.12. The second kappa shape index (κ2) is 8.34. The van der Waals surface area contributed by atoms with Gasteiger partial charge in [-0.1, -0.05) is 0 Å². The molecule has 0 bridgehead atoms. The second-order valence-corrected chi connectivity index (χ2v) is 4.86. The van der Waals surface area contributed by atoms with Gasteiger partial charge in [0.15, 0.2) is 5.96 Å². The van der Waals surface area contributed by atoms with Gasteiger partial charge in [-0.05, 0) is 46.0 Å². The SMILES string of the molecule is CCNC(=NCC1CC1)NCCCOC(C)C. The Balaban J connectivity index is 2.08. The molecule has 0 saturated heterocycles. The van der Waals surface area contributed by atoms with E-state index in [1.807, 2.05) is 0 Å². The number of aliphatic imine (C=N–C) groups is 1. The van der Waals surface area contributed by atoms with Gasteiger partial charge in [0, 0.05) is 26.2 Å². The lowest BCUT2D eigenvalue weighted by Crippen LogP contribution is -2.38. The summed E-state index contributed by atoms with van der Waals surface area (Å²) in [7, 11) is 0. The molecule has 0 aromatic heterocycles. The molecule has 17 heavy (non-hydrogen) atoms. The molecule has 0 radical (unpaired) electrons. The third-order valence-corrected chi connectivity index (χ3v) is 2.61. The van der Waals surface area contributed by atoms with Crippen molar-refractivity contribution < 1.29 is 4.74 Å². The maximum Gasteiger partial charge on any atom is 0.191 e. The van der Waals surface area contributed by atoms with E-state index in [-0.39, 0.29) is 0 Å². The van der Waals surface area contributed by atoms with Gasteiger partial charge >= 0.3 is 0 Å². The summed E-state index contributed by atoms with van der Waals surface area (Å²) in [4.78, 5) is 4.56. The summed E-state index contributed by atoms with van der Waals surface area (Å²) in [5.41, 5.74) is 0. The highest BCUT2D eigenvalue weighted by molar-refractivity contribution is 5.79. The molecular weight excluding hydrogens is 214 g/mol. The van der Waals surface area contributed by atoms with E-state index in [0.717, 1.165) is 44.5 Å². The van der Waals surface area contributed by atoms with Gasteiger partial charge in [0.05, 0.1) is 6.10 Å². The van der Waals surface area contributed by atoms with E-state index in [4.69, 9.17) is 4.74 Å². The van der Waals surface area contributed by atoms with E-state index >= 15 is 0 Å². The maximum absolute atomic E-state index is 5.49. The van der Waals surface area contributed by atoms with Gasteiger partial charge in [-0.2, -0.15) is 0 Å². The molecule has 2 N–H and O–H groups in total. The van der Waals surface area contributed by atoms with Crippen LogP contribution in [0, 0.1) is 5.92 Å². The van der Waals surface area contributed by atoms with E-state index in [0.29, 0.717) is 6.10 Å². The Hall–Kier alpha value is -0.770. The Bertz CT molecular complexity index is 225. The highest BCUT2D eigenvalue weighted by Gasteiger charge is 2.20. The first-order valence-corrected chi connectivity index (χ1v) is 6.86. The average molecular weight is 241 g/mol. The van der Waals surface area contributed by atoms with Crippen LogP contribution in [0.5, 0.6) is 0 Å². The summed E-state index contributed by atoms with van der Waals surface area (Å²) in [5, 5.41) is 6.60. The molecule has 0 spiro atoms. The van der Waals surface area contributed by atoms with Crippen molar-refractivity contribution in [2.75, 3.05) is 26.2 Å². The fourth-order valence-corrected chi connectivity index (χ4v) is 1.46. The van der Waals surface area contributed by atoms with E-state index in [1.165, 1.54) is 12.8 Å². The standard InChI is InChI=1S/C13H27N3O/c1-4-14-13(16-10-12-6-7-12)15-8-5-9-17-11(2)3/h11-12H,4-10H2,1-3H3,(H2,14,15,16). The van der Waals surface area contributed by atoms with Gasteiger partial charge in [-0.15, -0.1) is 0 Å². The van der Waals surface area contributed by atoms with Crippen LogP contribution in [0.25, 0.3) is 0 Å². The summed E-state index contributed by atoms with van der Waals surface area (Å²) >= 11 is 0. The Kier molecular flexibility index (Phi) is 7.01. The summed E-state index contributed by atoms with van der Waals surface area (Å²) < 4.78 is 5.49. The van der Waals surface area contributed by atoms with Crippen molar-refractivity contribution in [3.8, 4) is 0 Å². The summed E-state index contributed by atoms with van der Waals surface area (Å²) in [6.45, 7) is 9.84. The van der Waals surface area contributed by atoms with Crippen LogP contribution in [0.1, 0.15) is 40.0 Å². The molecule has 1 fully saturated rings. The molecule has 1 rings (SSSR count). The second-order valence-electron chi connectivity index (χ2n) is 4.86. The molecule has 0 aromatic carbocycles. The van der Waals surface area contributed by atoms with Crippen LogP contribution in [-0.4, -0.2) is 38.3 Å². The number of nitrogens with zero attached hydrogens (tertiary/aromatic N) is 1. The van der Waals surface area contributed by atoms with Gasteiger partial charge in [0.2, 0.25) is 0 Å². The zero-order valence-electron chi connectivity index (χ0n) is 11.5. The quantitative estimate of drug-likeness (QED) is 0.387. The topological polar surface area (TPSA) is 45.7 Å². The first-order valence-electron chi connectivity index (χ1n) is 6.86. The number of hydrogen-bond donors (Lipinski definition) is 2. The molecular formula is C13H27N3O. The predicted octanol–water partition coefficient (Wildman–Crippen LogP) is 1.77. The van der Waals surface area contributed by atoms with Crippen molar-refractivity contribution in [3.63, 3.8) is 0 Å². The first-order chi connectivity index (χ1) is 8.22. The number of guanidine groups is 1. The summed E-state index contributed by atoms with van der Waals surface area (Å²) in [6, 6.07) is 0. The maximum atomic E-state index is 5.49. The smallest absolute Gasteiger partial charge is 0.191 e. The van der Waals surface area contributed by atoms with Gasteiger partial charge in [0.25, 0.3) is 0 Å². The van der Waals surface area contributed by atoms with E-state index in [1.54, 1.807) is 0 Å². The number of ether oxygens (including phenoxy) is 1. The predicted molar refractivity (Wildman–Crippen MR) is 72.4 cm³/mol. The molecule has 0 atom stereocenters. The van der Waals surface area contributed by atoms with Crippen LogP contribution in [0.4, 0.5) is 0 Å². The number of rotatable bonds is 8. The molecule has 0 amide bonds. The number of nitrogens with one attached hydrogen (secondary N) is 2. The molecule has 0 heterocycles. The lowest BCUT2D eigenvalue weighted by atomic mass is 10.4. The molecule has 1 saturated carbocycles. The lowest BCUT2D eigenvalue weighted by molar-refractivity contribution is 0.0776. The van der Waals surface area contributed by atoms with Crippen LogP contribution in [-0.2, 0) is 4.74 Å². The largest absolute Gasteiger partial charge is 0.379 e. The van der Waals surface area contributed by atoms with Crippen molar-refractivity contribution >= 4 is 5.96 Å². The van der Waals surface area contributed by atoms with Crippen molar-refractivity contribution in [3.05, 3.63) is 0 Å². The Morgan fingerprint density at radius 1 is 1.35 bits per heavy atom. The van der Waals surface area contributed by atoms with Gasteiger partial charge in [0.1, 0.15) is 0 Å². The fourth-order valence-electron chi connectivity index (χ4n) is 1.46. The van der Waals surface area contributed by atoms with Crippen molar-refractivity contribution in [1.82, 2.24) is 10.6 Å². The zero-order chi connectivity index (χ0) is 12.5.